The second kappa shape index (κ2) is 11.1. The second-order valence-electron chi connectivity index (χ2n) is 8.02. The first kappa shape index (κ1) is 24.4. The highest BCUT2D eigenvalue weighted by molar-refractivity contribution is 7.99. The third-order valence-electron chi connectivity index (χ3n) is 5.70. The quantitative estimate of drug-likeness (QED) is 0.281. The van der Waals surface area contributed by atoms with Crippen LogP contribution in [0.1, 0.15) is 18.1 Å². The fourth-order valence-electron chi connectivity index (χ4n) is 3.62. The number of rotatable bonds is 9. The molecule has 0 aliphatic carbocycles. The van der Waals surface area contributed by atoms with E-state index in [9.17, 15) is 4.79 Å². The molecule has 7 heteroatoms. The van der Waals surface area contributed by atoms with Gasteiger partial charge in [0, 0.05) is 23.1 Å². The number of hydrogen-bond acceptors (Lipinski definition) is 5. The number of imidazole rings is 1. The zero-order valence-electron chi connectivity index (χ0n) is 20.4. The Kier molecular flexibility index (Phi) is 7.77. The lowest BCUT2D eigenvalue weighted by Crippen LogP contribution is -2.15. The normalized spacial score (nSPS) is 10.7. The predicted molar refractivity (Wildman–Crippen MR) is 142 cm³/mol. The molecule has 1 heterocycles. The highest BCUT2D eigenvalue weighted by Crippen LogP contribution is 2.29. The van der Waals surface area contributed by atoms with Crippen molar-refractivity contribution >= 4 is 23.4 Å². The Balaban J connectivity index is 1.58. The van der Waals surface area contributed by atoms with E-state index in [2.05, 4.69) is 5.32 Å². The van der Waals surface area contributed by atoms with Crippen LogP contribution in [-0.4, -0.2) is 34.9 Å². The third kappa shape index (κ3) is 5.87. The van der Waals surface area contributed by atoms with E-state index in [4.69, 9.17) is 14.5 Å². The van der Waals surface area contributed by atoms with Gasteiger partial charge in [0.25, 0.3) is 0 Å². The minimum absolute atomic E-state index is 0.0735. The van der Waals surface area contributed by atoms with Gasteiger partial charge < -0.3 is 14.8 Å². The lowest BCUT2D eigenvalue weighted by Gasteiger charge is -2.11. The molecule has 6 nitrogen and oxygen atoms in total. The third-order valence-corrected chi connectivity index (χ3v) is 6.65. The van der Waals surface area contributed by atoms with Gasteiger partial charge in [-0.3, -0.25) is 9.36 Å². The van der Waals surface area contributed by atoms with E-state index in [1.54, 1.807) is 7.11 Å². The zero-order chi connectivity index (χ0) is 24.8. The number of nitrogens with one attached hydrogen (secondary N) is 1. The highest BCUT2D eigenvalue weighted by atomic mass is 32.2. The Morgan fingerprint density at radius 3 is 2.40 bits per heavy atom. The van der Waals surface area contributed by atoms with E-state index < -0.39 is 0 Å². The average molecular weight is 488 g/mol. The molecular weight excluding hydrogens is 458 g/mol. The summed E-state index contributed by atoms with van der Waals surface area (Å²) in [5.41, 5.74) is 5.79. The first-order chi connectivity index (χ1) is 17.0. The molecule has 0 saturated carbocycles. The number of thioether (sulfide) groups is 1. The predicted octanol–water partition coefficient (Wildman–Crippen LogP) is 6.29. The van der Waals surface area contributed by atoms with Crippen molar-refractivity contribution in [2.75, 3.05) is 24.8 Å². The Morgan fingerprint density at radius 2 is 1.71 bits per heavy atom. The van der Waals surface area contributed by atoms with E-state index in [1.165, 1.54) is 11.8 Å². The maximum Gasteiger partial charge on any atom is 0.234 e. The molecule has 1 N–H and O–H groups in total. The van der Waals surface area contributed by atoms with Gasteiger partial charge in [0.15, 0.2) is 5.16 Å². The van der Waals surface area contributed by atoms with Gasteiger partial charge in [0.05, 0.1) is 25.2 Å². The fourth-order valence-corrected chi connectivity index (χ4v) is 4.42. The molecule has 0 saturated heterocycles. The van der Waals surface area contributed by atoms with Crippen LogP contribution in [0, 0.1) is 13.8 Å². The molecule has 0 fully saturated rings. The van der Waals surface area contributed by atoms with Gasteiger partial charge in [-0.25, -0.2) is 4.98 Å². The van der Waals surface area contributed by atoms with Gasteiger partial charge in [0.2, 0.25) is 5.91 Å². The van der Waals surface area contributed by atoms with Crippen LogP contribution >= 0.6 is 11.8 Å². The summed E-state index contributed by atoms with van der Waals surface area (Å²) in [4.78, 5) is 17.6. The monoisotopic (exact) mass is 487 g/mol. The van der Waals surface area contributed by atoms with Gasteiger partial charge >= 0.3 is 0 Å². The molecule has 0 aliphatic heterocycles. The summed E-state index contributed by atoms with van der Waals surface area (Å²) >= 11 is 1.40. The van der Waals surface area contributed by atoms with E-state index in [1.807, 2.05) is 98.3 Å². The molecule has 180 valence electrons. The molecule has 0 aliphatic rings. The van der Waals surface area contributed by atoms with E-state index in [-0.39, 0.29) is 11.7 Å². The van der Waals surface area contributed by atoms with Crippen LogP contribution in [0.2, 0.25) is 0 Å². The van der Waals surface area contributed by atoms with Crippen molar-refractivity contribution in [3.05, 3.63) is 84.1 Å². The first-order valence-electron chi connectivity index (χ1n) is 11.4. The number of carbonyl (C=O) groups excluding carboxylic acids is 1. The number of amides is 1. The van der Waals surface area contributed by atoms with Crippen LogP contribution in [0.15, 0.2) is 78.1 Å². The number of ether oxygens (including phenoxy) is 2. The molecule has 0 unspecified atom stereocenters. The van der Waals surface area contributed by atoms with Crippen LogP contribution in [0.5, 0.6) is 11.5 Å². The summed E-state index contributed by atoms with van der Waals surface area (Å²) < 4.78 is 12.9. The lowest BCUT2D eigenvalue weighted by atomic mass is 10.1. The van der Waals surface area contributed by atoms with Crippen molar-refractivity contribution in [1.82, 2.24) is 9.55 Å². The molecule has 35 heavy (non-hydrogen) atoms. The highest BCUT2D eigenvalue weighted by Gasteiger charge is 2.15. The number of hydrogen-bond donors (Lipinski definition) is 1. The maximum absolute atomic E-state index is 12.8. The molecule has 0 spiro atoms. The van der Waals surface area contributed by atoms with Crippen molar-refractivity contribution < 1.29 is 14.3 Å². The second-order valence-corrected chi connectivity index (χ2v) is 8.96. The number of aromatic nitrogens is 2. The zero-order valence-corrected chi connectivity index (χ0v) is 21.2. The molecular formula is C28H29N3O3S. The summed E-state index contributed by atoms with van der Waals surface area (Å²) in [6, 6.07) is 21.5. The average Bonchev–Trinajstić information content (AvgIpc) is 3.30. The van der Waals surface area contributed by atoms with Gasteiger partial charge in [-0.15, -0.1) is 0 Å². The van der Waals surface area contributed by atoms with E-state index >= 15 is 0 Å². The van der Waals surface area contributed by atoms with Crippen molar-refractivity contribution in [3.8, 4) is 28.4 Å². The Labute approximate surface area is 210 Å². The van der Waals surface area contributed by atoms with Crippen LogP contribution < -0.4 is 14.8 Å². The molecule has 0 radical (unpaired) electrons. The van der Waals surface area contributed by atoms with Crippen LogP contribution in [0.4, 0.5) is 5.69 Å². The number of methoxy groups -OCH3 is 1. The summed E-state index contributed by atoms with van der Waals surface area (Å²) in [6.45, 7) is 6.63. The van der Waals surface area contributed by atoms with Gasteiger partial charge in [-0.1, -0.05) is 23.9 Å². The SMILES string of the molecule is CCOc1ccc(-c2cn(-c3ccc(OC)cc3)c(SCC(=O)Nc3cccc(C)c3C)n2)cc1. The largest absolute Gasteiger partial charge is 0.497 e. The minimum Gasteiger partial charge on any atom is -0.497 e. The fraction of sp³-hybridized carbons (Fsp3) is 0.214. The Hall–Kier alpha value is -3.71. The van der Waals surface area contributed by atoms with Crippen LogP contribution in [0.3, 0.4) is 0 Å². The van der Waals surface area contributed by atoms with Gasteiger partial charge in [0.1, 0.15) is 11.5 Å². The number of anilines is 1. The lowest BCUT2D eigenvalue weighted by molar-refractivity contribution is -0.113. The Morgan fingerprint density at radius 1 is 1.00 bits per heavy atom. The summed E-state index contributed by atoms with van der Waals surface area (Å²) in [6.07, 6.45) is 1.99. The molecule has 3 aromatic carbocycles. The van der Waals surface area contributed by atoms with Gasteiger partial charge in [-0.05, 0) is 86.5 Å². The van der Waals surface area contributed by atoms with Crippen molar-refractivity contribution in [2.24, 2.45) is 0 Å². The molecule has 4 aromatic rings. The van der Waals surface area contributed by atoms with Crippen molar-refractivity contribution in [2.45, 2.75) is 25.9 Å². The van der Waals surface area contributed by atoms with E-state index in [0.717, 1.165) is 50.4 Å². The van der Waals surface area contributed by atoms with Gasteiger partial charge in [-0.2, -0.15) is 0 Å². The first-order valence-corrected chi connectivity index (χ1v) is 12.4. The van der Waals surface area contributed by atoms with Crippen LogP contribution in [0.25, 0.3) is 16.9 Å². The number of benzene rings is 3. The van der Waals surface area contributed by atoms with Crippen molar-refractivity contribution in [1.29, 1.82) is 0 Å². The topological polar surface area (TPSA) is 65.4 Å². The van der Waals surface area contributed by atoms with Crippen LogP contribution in [-0.2, 0) is 4.79 Å². The van der Waals surface area contributed by atoms with Crippen molar-refractivity contribution in [3.63, 3.8) is 0 Å². The molecule has 0 atom stereocenters. The number of carbonyl (C=O) groups is 1. The molecule has 1 aromatic heterocycles. The summed E-state index contributed by atoms with van der Waals surface area (Å²) in [5.74, 6) is 1.77. The summed E-state index contributed by atoms with van der Waals surface area (Å²) in [5, 5.41) is 3.76. The molecule has 4 rings (SSSR count). The summed E-state index contributed by atoms with van der Waals surface area (Å²) in [7, 11) is 1.64. The Bertz CT molecular complexity index is 1300. The number of nitrogens with zero attached hydrogens (tertiary/aromatic N) is 2. The smallest absolute Gasteiger partial charge is 0.234 e. The minimum atomic E-state index is -0.0735. The number of aryl methyl sites for hydroxylation is 1. The van der Waals surface area contributed by atoms with E-state index in [0.29, 0.717) is 6.61 Å². The maximum atomic E-state index is 12.8. The standard InChI is InChI=1S/C28H29N3O3S/c1-5-34-24-13-9-21(10-14-24)26-17-31(22-11-15-23(33-4)16-12-22)28(30-26)35-18-27(32)29-25-8-6-7-19(2)20(25)3/h6-17H,5,18H2,1-4H3,(H,29,32). The molecule has 0 bridgehead atoms. The molecule has 1 amide bonds.